The van der Waals surface area contributed by atoms with Gasteiger partial charge in [-0.15, -0.1) is 0 Å². The van der Waals surface area contributed by atoms with Crippen molar-refractivity contribution in [1.29, 1.82) is 0 Å². The van der Waals surface area contributed by atoms with E-state index in [1.54, 1.807) is 30.3 Å². The third-order valence-corrected chi connectivity index (χ3v) is 3.56. The summed E-state index contributed by atoms with van der Waals surface area (Å²) in [6, 6.07) is 14.0. The molecule has 0 radical (unpaired) electrons. The summed E-state index contributed by atoms with van der Waals surface area (Å²) in [6.07, 6.45) is 1.54. The second-order valence-electron chi connectivity index (χ2n) is 5.21. The molecule has 25 heavy (non-hydrogen) atoms. The standard InChI is InChI=1S/C18H12N2O5/c21-17(12-5-2-1-3-6-12)18(22)25-11-14-10-15(20(23)24)9-13-7-4-8-19-16(13)14/h1-10H,11H2. The Morgan fingerprint density at radius 2 is 1.84 bits per heavy atom. The highest BCUT2D eigenvalue weighted by Crippen LogP contribution is 2.24. The molecule has 0 fully saturated rings. The van der Waals surface area contributed by atoms with Gasteiger partial charge in [0.15, 0.2) is 0 Å². The van der Waals surface area contributed by atoms with Crippen molar-refractivity contribution >= 4 is 28.3 Å². The average molecular weight is 336 g/mol. The molecule has 0 amide bonds. The molecule has 2 aromatic carbocycles. The van der Waals surface area contributed by atoms with Crippen molar-refractivity contribution in [3.8, 4) is 0 Å². The molecular weight excluding hydrogens is 324 g/mol. The zero-order valence-corrected chi connectivity index (χ0v) is 12.9. The van der Waals surface area contributed by atoms with Gasteiger partial charge in [0.1, 0.15) is 6.61 Å². The van der Waals surface area contributed by atoms with Gasteiger partial charge < -0.3 is 4.74 Å². The first-order chi connectivity index (χ1) is 12.1. The average Bonchev–Trinajstić information content (AvgIpc) is 2.65. The van der Waals surface area contributed by atoms with Crippen LogP contribution in [0.4, 0.5) is 5.69 Å². The molecule has 0 aliphatic rings. The van der Waals surface area contributed by atoms with Crippen molar-refractivity contribution in [3.63, 3.8) is 0 Å². The van der Waals surface area contributed by atoms with Gasteiger partial charge in [-0.1, -0.05) is 36.4 Å². The summed E-state index contributed by atoms with van der Waals surface area (Å²) < 4.78 is 5.04. The van der Waals surface area contributed by atoms with Crippen LogP contribution in [-0.4, -0.2) is 21.7 Å². The number of rotatable bonds is 5. The van der Waals surface area contributed by atoms with Gasteiger partial charge in [-0.2, -0.15) is 0 Å². The maximum absolute atomic E-state index is 12.0. The molecule has 0 aliphatic carbocycles. The van der Waals surface area contributed by atoms with Gasteiger partial charge >= 0.3 is 5.97 Å². The highest BCUT2D eigenvalue weighted by molar-refractivity contribution is 6.40. The van der Waals surface area contributed by atoms with Crippen LogP contribution in [-0.2, 0) is 16.1 Å². The summed E-state index contributed by atoms with van der Waals surface area (Å²) >= 11 is 0. The highest BCUT2D eigenvalue weighted by Gasteiger charge is 2.19. The van der Waals surface area contributed by atoms with Gasteiger partial charge in [-0.25, -0.2) is 4.79 Å². The number of aromatic nitrogens is 1. The Kier molecular flexibility index (Phi) is 4.47. The Hall–Kier alpha value is -3.61. The number of non-ortho nitro benzene ring substituents is 1. The zero-order chi connectivity index (χ0) is 17.8. The Morgan fingerprint density at radius 1 is 1.08 bits per heavy atom. The van der Waals surface area contributed by atoms with Crippen LogP contribution < -0.4 is 0 Å². The number of hydrogen-bond acceptors (Lipinski definition) is 6. The number of pyridine rings is 1. The SMILES string of the molecule is O=C(OCc1cc([N+](=O)[O-])cc2cccnc12)C(=O)c1ccccc1. The number of ether oxygens (including phenoxy) is 1. The lowest BCUT2D eigenvalue weighted by atomic mass is 10.1. The van der Waals surface area contributed by atoms with Gasteiger partial charge in [0.25, 0.3) is 11.5 Å². The summed E-state index contributed by atoms with van der Waals surface area (Å²) in [5.41, 5.74) is 0.919. The van der Waals surface area contributed by atoms with Crippen LogP contribution in [0.3, 0.4) is 0 Å². The third kappa shape index (κ3) is 3.50. The van der Waals surface area contributed by atoms with E-state index in [4.69, 9.17) is 4.74 Å². The van der Waals surface area contributed by atoms with Crippen molar-refractivity contribution in [1.82, 2.24) is 4.98 Å². The third-order valence-electron chi connectivity index (χ3n) is 3.56. The number of nitrogens with zero attached hydrogens (tertiary/aromatic N) is 2. The van der Waals surface area contributed by atoms with E-state index in [1.807, 2.05) is 0 Å². The van der Waals surface area contributed by atoms with E-state index in [0.29, 0.717) is 16.5 Å². The summed E-state index contributed by atoms with van der Waals surface area (Å²) in [5, 5.41) is 11.6. The molecule has 0 bridgehead atoms. The maximum atomic E-state index is 12.0. The van der Waals surface area contributed by atoms with Gasteiger partial charge in [0, 0.05) is 34.8 Å². The molecule has 0 unspecified atom stereocenters. The highest BCUT2D eigenvalue weighted by atomic mass is 16.6. The number of esters is 1. The summed E-state index contributed by atoms with van der Waals surface area (Å²) in [7, 11) is 0. The molecule has 3 rings (SSSR count). The molecule has 0 atom stereocenters. The summed E-state index contributed by atoms with van der Waals surface area (Å²) in [6.45, 7) is -0.285. The molecule has 0 aliphatic heterocycles. The van der Waals surface area contributed by atoms with Crippen LogP contribution in [0.2, 0.25) is 0 Å². The molecule has 0 N–H and O–H groups in total. The van der Waals surface area contributed by atoms with Crippen molar-refractivity contribution in [3.05, 3.63) is 82.0 Å². The monoisotopic (exact) mass is 336 g/mol. The number of carbonyl (C=O) groups excluding carboxylic acids is 2. The number of carbonyl (C=O) groups is 2. The van der Waals surface area contributed by atoms with Gasteiger partial charge in [0.05, 0.1) is 10.4 Å². The first-order valence-electron chi connectivity index (χ1n) is 7.35. The largest absolute Gasteiger partial charge is 0.455 e. The number of nitro benzene ring substituents is 1. The van der Waals surface area contributed by atoms with Crippen LogP contribution in [0.1, 0.15) is 15.9 Å². The number of hydrogen-bond donors (Lipinski definition) is 0. The molecule has 3 aromatic rings. The van der Waals surface area contributed by atoms with Crippen LogP contribution in [0.5, 0.6) is 0 Å². The molecule has 124 valence electrons. The first kappa shape index (κ1) is 16.3. The summed E-state index contributed by atoms with van der Waals surface area (Å²) in [5.74, 6) is -1.80. The molecule has 1 heterocycles. The smallest absolute Gasteiger partial charge is 0.380 e. The predicted molar refractivity (Wildman–Crippen MR) is 89.0 cm³/mol. The van der Waals surface area contributed by atoms with Gasteiger partial charge in [-0.3, -0.25) is 19.9 Å². The van der Waals surface area contributed by atoms with Crippen LogP contribution in [0.25, 0.3) is 10.9 Å². The topological polar surface area (TPSA) is 99.4 Å². The molecule has 0 saturated carbocycles. The Bertz CT molecular complexity index is 970. The normalized spacial score (nSPS) is 10.4. The molecule has 7 heteroatoms. The fourth-order valence-electron chi connectivity index (χ4n) is 2.38. The zero-order valence-electron chi connectivity index (χ0n) is 12.9. The lowest BCUT2D eigenvalue weighted by molar-refractivity contribution is -0.384. The first-order valence-corrected chi connectivity index (χ1v) is 7.35. The number of benzene rings is 2. The minimum Gasteiger partial charge on any atom is -0.455 e. The van der Waals surface area contributed by atoms with E-state index >= 15 is 0 Å². The molecule has 7 nitrogen and oxygen atoms in total. The quantitative estimate of drug-likeness (QED) is 0.233. The molecule has 0 spiro atoms. The lowest BCUT2D eigenvalue weighted by Crippen LogP contribution is -2.17. The number of nitro groups is 1. The fourth-order valence-corrected chi connectivity index (χ4v) is 2.38. The second-order valence-corrected chi connectivity index (χ2v) is 5.21. The van der Waals surface area contributed by atoms with Crippen molar-refractivity contribution in [2.24, 2.45) is 0 Å². The number of Topliss-reactive ketones (excluding diaryl/α,β-unsaturated/α-hetero) is 1. The predicted octanol–water partition coefficient (Wildman–Crippen LogP) is 3.07. The van der Waals surface area contributed by atoms with Gasteiger partial charge in [0.2, 0.25) is 0 Å². The van der Waals surface area contributed by atoms with Crippen molar-refractivity contribution in [2.75, 3.05) is 0 Å². The van der Waals surface area contributed by atoms with Crippen molar-refractivity contribution in [2.45, 2.75) is 6.61 Å². The van der Waals surface area contributed by atoms with E-state index in [9.17, 15) is 19.7 Å². The van der Waals surface area contributed by atoms with E-state index in [1.165, 1.54) is 30.5 Å². The van der Waals surface area contributed by atoms with E-state index in [0.717, 1.165) is 0 Å². The van der Waals surface area contributed by atoms with Crippen LogP contribution in [0, 0.1) is 10.1 Å². The summed E-state index contributed by atoms with van der Waals surface area (Å²) in [4.78, 5) is 38.6. The second kappa shape index (κ2) is 6.88. The minimum absolute atomic E-state index is 0.138. The fraction of sp³-hybridized carbons (Fsp3) is 0.0556. The van der Waals surface area contributed by atoms with Gasteiger partial charge in [-0.05, 0) is 6.07 Å². The van der Waals surface area contributed by atoms with E-state index < -0.39 is 16.7 Å². The molecular formula is C18H12N2O5. The Balaban J connectivity index is 1.84. The number of ketones is 1. The molecule has 0 saturated heterocycles. The lowest BCUT2D eigenvalue weighted by Gasteiger charge is -2.07. The van der Waals surface area contributed by atoms with E-state index in [2.05, 4.69) is 4.98 Å². The van der Waals surface area contributed by atoms with Crippen LogP contribution >= 0.6 is 0 Å². The maximum Gasteiger partial charge on any atom is 0.380 e. The minimum atomic E-state index is -1.03. The number of fused-ring (bicyclic) bond motifs is 1. The Morgan fingerprint density at radius 3 is 2.56 bits per heavy atom. The molecule has 1 aromatic heterocycles. The Labute approximate surface area is 142 Å². The van der Waals surface area contributed by atoms with Crippen molar-refractivity contribution < 1.29 is 19.2 Å². The van der Waals surface area contributed by atoms with Crippen LogP contribution in [0.15, 0.2) is 60.8 Å². The van der Waals surface area contributed by atoms with E-state index in [-0.39, 0.29) is 17.9 Å².